The van der Waals surface area contributed by atoms with E-state index >= 15 is 0 Å². The standard InChI is InChI=1S/C32H34N2O6/c1-31(2,3)34-27(36)21-14-13-19-22(25(21)29(34)38)16-23-28(37)33(17-9-7-6-8-10-17)30(39)32(23,4)26(19)20-12-11-18(35)15-24(20)40-5/h6-13,15,21-23,25-26,35H,14,16H2,1-5H3/t21-,22+,23-,25-,26+,32+/m0/s1. The van der Waals surface area contributed by atoms with Crippen LogP contribution in [0, 0.1) is 29.1 Å². The molecular weight excluding hydrogens is 508 g/mol. The molecule has 208 valence electrons. The van der Waals surface area contributed by atoms with Gasteiger partial charge in [0, 0.05) is 23.1 Å². The van der Waals surface area contributed by atoms with Crippen LogP contribution >= 0.6 is 0 Å². The summed E-state index contributed by atoms with van der Waals surface area (Å²) in [4.78, 5) is 58.6. The molecule has 2 aliphatic heterocycles. The van der Waals surface area contributed by atoms with Gasteiger partial charge in [-0.15, -0.1) is 0 Å². The fourth-order valence-corrected chi connectivity index (χ4v) is 7.78. The number of ether oxygens (including phenoxy) is 1. The lowest BCUT2D eigenvalue weighted by atomic mass is 9.51. The second kappa shape index (κ2) is 8.78. The van der Waals surface area contributed by atoms with Gasteiger partial charge in [0.15, 0.2) is 0 Å². The third-order valence-corrected chi connectivity index (χ3v) is 9.49. The Kier molecular flexibility index (Phi) is 5.77. The molecule has 0 aromatic heterocycles. The number of carbonyl (C=O) groups excluding carboxylic acids is 4. The first-order chi connectivity index (χ1) is 18.9. The highest BCUT2D eigenvalue weighted by Crippen LogP contribution is 2.64. The average Bonchev–Trinajstić information content (AvgIpc) is 3.29. The second-order valence-electron chi connectivity index (χ2n) is 12.6. The molecule has 2 aromatic carbocycles. The first-order valence-corrected chi connectivity index (χ1v) is 13.8. The molecule has 8 heteroatoms. The number of phenols is 1. The third-order valence-electron chi connectivity index (χ3n) is 9.49. The highest BCUT2D eigenvalue weighted by Gasteiger charge is 2.68. The Hall–Kier alpha value is -3.94. The van der Waals surface area contributed by atoms with Gasteiger partial charge in [0.25, 0.3) is 0 Å². The Bertz CT molecular complexity index is 1470. The molecule has 40 heavy (non-hydrogen) atoms. The molecule has 0 bridgehead atoms. The number of phenolic OH excluding ortho intramolecular Hbond substituents is 1. The van der Waals surface area contributed by atoms with Crippen LogP contribution in [0.25, 0.3) is 0 Å². The van der Waals surface area contributed by atoms with Crippen molar-refractivity contribution in [2.75, 3.05) is 12.0 Å². The maximum atomic E-state index is 14.4. The molecule has 2 aromatic rings. The Morgan fingerprint density at radius 3 is 2.30 bits per heavy atom. The predicted octanol–water partition coefficient (Wildman–Crippen LogP) is 4.43. The van der Waals surface area contributed by atoms with E-state index in [2.05, 4.69) is 0 Å². The third kappa shape index (κ3) is 3.44. The van der Waals surface area contributed by atoms with Crippen LogP contribution in [0.15, 0.2) is 60.2 Å². The highest BCUT2D eigenvalue weighted by molar-refractivity contribution is 6.24. The number of imide groups is 2. The van der Waals surface area contributed by atoms with Crippen molar-refractivity contribution in [3.05, 3.63) is 65.7 Å². The zero-order valence-corrected chi connectivity index (χ0v) is 23.4. The van der Waals surface area contributed by atoms with Gasteiger partial charge in [-0.25, -0.2) is 4.90 Å². The van der Waals surface area contributed by atoms with Crippen molar-refractivity contribution < 1.29 is 29.0 Å². The van der Waals surface area contributed by atoms with E-state index in [-0.39, 0.29) is 29.4 Å². The van der Waals surface area contributed by atoms with Crippen molar-refractivity contribution >= 4 is 29.3 Å². The van der Waals surface area contributed by atoms with Gasteiger partial charge in [-0.3, -0.25) is 24.1 Å². The molecule has 0 radical (unpaired) electrons. The number of benzene rings is 2. The number of anilines is 1. The van der Waals surface area contributed by atoms with E-state index in [1.165, 1.54) is 23.0 Å². The summed E-state index contributed by atoms with van der Waals surface area (Å²) in [6, 6.07) is 13.7. The molecule has 3 fully saturated rings. The molecule has 4 amide bonds. The number of rotatable bonds is 3. The van der Waals surface area contributed by atoms with Gasteiger partial charge in [-0.05, 0) is 64.7 Å². The van der Waals surface area contributed by atoms with Crippen molar-refractivity contribution in [1.82, 2.24) is 4.90 Å². The van der Waals surface area contributed by atoms with Crippen molar-refractivity contribution in [3.8, 4) is 11.5 Å². The first-order valence-electron chi connectivity index (χ1n) is 13.8. The molecule has 1 N–H and O–H groups in total. The van der Waals surface area contributed by atoms with Crippen molar-refractivity contribution in [2.24, 2.45) is 29.1 Å². The minimum Gasteiger partial charge on any atom is -0.508 e. The number of hydrogen-bond donors (Lipinski definition) is 1. The number of nitrogens with zero attached hydrogens (tertiary/aromatic N) is 2. The van der Waals surface area contributed by atoms with E-state index in [1.54, 1.807) is 36.4 Å². The van der Waals surface area contributed by atoms with Crippen molar-refractivity contribution in [3.63, 3.8) is 0 Å². The second-order valence-corrected chi connectivity index (χ2v) is 12.6. The largest absolute Gasteiger partial charge is 0.508 e. The maximum absolute atomic E-state index is 14.4. The Morgan fingerprint density at radius 1 is 0.950 bits per heavy atom. The fraction of sp³-hybridized carbons (Fsp3) is 0.438. The Labute approximate surface area is 233 Å². The molecule has 0 unspecified atom stereocenters. The molecule has 6 rings (SSSR count). The molecule has 8 nitrogen and oxygen atoms in total. The Balaban J connectivity index is 1.55. The molecule has 2 aliphatic carbocycles. The summed E-state index contributed by atoms with van der Waals surface area (Å²) >= 11 is 0. The number of methoxy groups -OCH3 is 1. The Morgan fingerprint density at radius 2 is 1.65 bits per heavy atom. The maximum Gasteiger partial charge on any atom is 0.241 e. The number of para-hydroxylation sites is 1. The van der Waals surface area contributed by atoms with Crippen LogP contribution in [0.2, 0.25) is 0 Å². The average molecular weight is 543 g/mol. The molecule has 2 saturated heterocycles. The first kappa shape index (κ1) is 26.3. The molecule has 1 saturated carbocycles. The van der Waals surface area contributed by atoms with Crippen LogP contribution in [0.1, 0.15) is 52.0 Å². The number of hydrogen-bond acceptors (Lipinski definition) is 6. The normalized spacial score (nSPS) is 31.6. The molecule has 6 atom stereocenters. The van der Waals surface area contributed by atoms with Gasteiger partial charge in [0.05, 0.1) is 36.0 Å². The van der Waals surface area contributed by atoms with Gasteiger partial charge < -0.3 is 9.84 Å². The SMILES string of the molecule is COc1cc(O)ccc1[C@H]1C2=CC[C@@H]3C(=O)N(C(C)(C)C)C(=O)[C@@H]3[C@@H]2C[C@H]2C(=O)N(c3ccccc3)C(=O)[C@@]12C. The summed E-state index contributed by atoms with van der Waals surface area (Å²) in [5, 5.41) is 10.2. The van der Waals surface area contributed by atoms with Crippen LogP contribution in [0.3, 0.4) is 0 Å². The molecule has 0 spiro atoms. The minimum atomic E-state index is -1.16. The smallest absolute Gasteiger partial charge is 0.241 e. The number of fused-ring (bicyclic) bond motifs is 4. The van der Waals surface area contributed by atoms with E-state index in [0.717, 1.165) is 5.57 Å². The lowest BCUT2D eigenvalue weighted by Crippen LogP contribution is -2.49. The zero-order chi connectivity index (χ0) is 28.7. The summed E-state index contributed by atoms with van der Waals surface area (Å²) in [6.45, 7) is 7.40. The van der Waals surface area contributed by atoms with Gasteiger partial charge in [0.2, 0.25) is 23.6 Å². The van der Waals surface area contributed by atoms with Crippen molar-refractivity contribution in [2.45, 2.75) is 52.0 Å². The van der Waals surface area contributed by atoms with Gasteiger partial charge in [-0.2, -0.15) is 0 Å². The summed E-state index contributed by atoms with van der Waals surface area (Å²) in [6.07, 6.45) is 2.70. The van der Waals surface area contributed by atoms with E-state index in [9.17, 15) is 24.3 Å². The lowest BCUT2D eigenvalue weighted by Gasteiger charge is -2.49. The van der Waals surface area contributed by atoms with E-state index in [1.807, 2.05) is 39.8 Å². The van der Waals surface area contributed by atoms with Crippen LogP contribution in [0.5, 0.6) is 11.5 Å². The number of allylic oxidation sites excluding steroid dienone is 2. The molecular formula is C32H34N2O6. The highest BCUT2D eigenvalue weighted by atomic mass is 16.5. The summed E-state index contributed by atoms with van der Waals surface area (Å²) in [5.41, 5.74) is 0.226. The number of amides is 4. The lowest BCUT2D eigenvalue weighted by molar-refractivity contribution is -0.145. The van der Waals surface area contributed by atoms with E-state index in [4.69, 9.17) is 4.74 Å². The van der Waals surface area contributed by atoms with Gasteiger partial charge in [-0.1, -0.05) is 35.9 Å². The number of aromatic hydroxyl groups is 1. The van der Waals surface area contributed by atoms with Crippen molar-refractivity contribution in [1.29, 1.82) is 0 Å². The van der Waals surface area contributed by atoms with Crippen LogP contribution in [-0.2, 0) is 19.2 Å². The topological polar surface area (TPSA) is 104 Å². The number of likely N-dealkylation sites (tertiary alicyclic amines) is 1. The summed E-state index contributed by atoms with van der Waals surface area (Å²) in [5.74, 6) is -3.37. The van der Waals surface area contributed by atoms with Crippen LogP contribution in [0.4, 0.5) is 5.69 Å². The molecule has 4 aliphatic rings. The zero-order valence-electron chi connectivity index (χ0n) is 23.4. The van der Waals surface area contributed by atoms with E-state index in [0.29, 0.717) is 29.8 Å². The number of carbonyl (C=O) groups is 4. The van der Waals surface area contributed by atoms with E-state index < -0.39 is 40.5 Å². The fourth-order valence-electron chi connectivity index (χ4n) is 7.78. The van der Waals surface area contributed by atoms with Gasteiger partial charge in [0.1, 0.15) is 11.5 Å². The minimum absolute atomic E-state index is 0.0180. The quantitative estimate of drug-likeness (QED) is 0.455. The summed E-state index contributed by atoms with van der Waals surface area (Å²) in [7, 11) is 1.50. The predicted molar refractivity (Wildman–Crippen MR) is 147 cm³/mol. The van der Waals surface area contributed by atoms with Crippen LogP contribution < -0.4 is 9.64 Å². The molecule has 2 heterocycles. The van der Waals surface area contributed by atoms with Crippen LogP contribution in [-0.4, -0.2) is 46.3 Å². The monoisotopic (exact) mass is 542 g/mol. The summed E-state index contributed by atoms with van der Waals surface area (Å²) < 4.78 is 5.69. The van der Waals surface area contributed by atoms with Gasteiger partial charge >= 0.3 is 0 Å².